The fraction of sp³-hybridized carbons (Fsp3) is 0.286. The molecule has 23 heavy (non-hydrogen) atoms. The maximum absolute atomic E-state index is 12.2. The first-order valence-corrected chi connectivity index (χ1v) is 8.54. The number of carbonyl (C=O) groups is 2. The van der Waals surface area contributed by atoms with Gasteiger partial charge in [-0.1, -0.05) is 18.2 Å². The number of rotatable bonds is 8. The number of aromatic amines is 1. The van der Waals surface area contributed by atoms with Crippen LogP contribution in [-0.2, 0) is 24.8 Å². The summed E-state index contributed by atoms with van der Waals surface area (Å²) < 4.78 is 17.0. The van der Waals surface area contributed by atoms with E-state index in [0.29, 0.717) is 5.56 Å². The van der Waals surface area contributed by atoms with E-state index in [0.717, 1.165) is 10.9 Å². The molecule has 0 aliphatic rings. The molecule has 2 unspecified atom stereocenters. The minimum atomic E-state index is -4.25. The molecule has 0 saturated heterocycles. The Morgan fingerprint density at radius 3 is 2.61 bits per heavy atom. The van der Waals surface area contributed by atoms with Crippen molar-refractivity contribution < 1.29 is 33.8 Å². The normalized spacial score (nSPS) is 15.2. The maximum Gasteiger partial charge on any atom is 0.333 e. The van der Waals surface area contributed by atoms with Crippen molar-refractivity contribution in [3.05, 3.63) is 36.0 Å². The second-order valence-electron chi connectivity index (χ2n) is 5.02. The van der Waals surface area contributed by atoms with Gasteiger partial charge in [0.25, 0.3) is 0 Å². The molecule has 0 spiro atoms. The van der Waals surface area contributed by atoms with Crippen LogP contribution in [0.2, 0.25) is 0 Å². The Kier molecular flexibility index (Phi) is 5.20. The van der Waals surface area contributed by atoms with Crippen LogP contribution in [0.25, 0.3) is 10.9 Å². The molecule has 0 bridgehead atoms. The van der Waals surface area contributed by atoms with E-state index in [1.807, 2.05) is 6.07 Å². The van der Waals surface area contributed by atoms with Gasteiger partial charge >= 0.3 is 19.5 Å². The number of carboxylic acid groups (broad SMARTS) is 2. The van der Waals surface area contributed by atoms with Gasteiger partial charge in [0.15, 0.2) is 6.10 Å². The molecular weight excluding hydrogens is 325 g/mol. The van der Waals surface area contributed by atoms with E-state index in [9.17, 15) is 19.0 Å². The third-order valence-electron chi connectivity index (χ3n) is 3.23. The summed E-state index contributed by atoms with van der Waals surface area (Å²) in [4.78, 5) is 34.4. The number of hydrogen-bond acceptors (Lipinski definition) is 4. The third kappa shape index (κ3) is 4.66. The van der Waals surface area contributed by atoms with Crippen molar-refractivity contribution in [2.45, 2.75) is 25.1 Å². The largest absolute Gasteiger partial charge is 0.481 e. The summed E-state index contributed by atoms with van der Waals surface area (Å²) in [6, 6.07) is 7.15. The monoisotopic (exact) mass is 341 g/mol. The third-order valence-corrected chi connectivity index (χ3v) is 4.56. The average Bonchev–Trinajstić information content (AvgIpc) is 2.86. The summed E-state index contributed by atoms with van der Waals surface area (Å²) >= 11 is 0. The van der Waals surface area contributed by atoms with Crippen LogP contribution in [-0.4, -0.2) is 38.1 Å². The van der Waals surface area contributed by atoms with Crippen LogP contribution in [0.3, 0.4) is 0 Å². The van der Waals surface area contributed by atoms with Crippen LogP contribution in [0.1, 0.15) is 18.4 Å². The van der Waals surface area contributed by atoms with E-state index in [2.05, 4.69) is 4.98 Å². The highest BCUT2D eigenvalue weighted by molar-refractivity contribution is 7.52. The number of carboxylic acids is 2. The highest BCUT2D eigenvalue weighted by Crippen LogP contribution is 2.48. The Bertz CT molecular complexity index is 769. The molecular formula is C14H16NO7P. The van der Waals surface area contributed by atoms with E-state index in [-0.39, 0.29) is 12.6 Å². The van der Waals surface area contributed by atoms with Crippen molar-refractivity contribution in [3.8, 4) is 0 Å². The molecule has 1 aromatic heterocycles. The van der Waals surface area contributed by atoms with Crippen molar-refractivity contribution in [1.82, 2.24) is 4.98 Å². The first-order valence-electron chi connectivity index (χ1n) is 6.78. The Morgan fingerprint density at radius 1 is 1.26 bits per heavy atom. The van der Waals surface area contributed by atoms with E-state index in [1.165, 1.54) is 0 Å². The SMILES string of the molecule is O=C(O)CCC(OP(=O)(O)Cc1c[nH]c2ccccc12)C(=O)O. The number of hydrogen-bond donors (Lipinski definition) is 4. The molecule has 0 aliphatic carbocycles. The molecule has 0 amide bonds. The number of benzene rings is 1. The zero-order valence-corrected chi connectivity index (χ0v) is 12.9. The predicted octanol–water partition coefficient (Wildman–Crippen LogP) is 2.19. The molecule has 0 saturated carbocycles. The Hall–Kier alpha value is -2.15. The molecule has 0 aliphatic heterocycles. The number of para-hydroxylation sites is 1. The summed E-state index contributed by atoms with van der Waals surface area (Å²) in [5.74, 6) is -2.68. The topological polar surface area (TPSA) is 137 Å². The first kappa shape index (κ1) is 17.2. The van der Waals surface area contributed by atoms with Gasteiger partial charge in [-0.05, 0) is 18.1 Å². The van der Waals surface area contributed by atoms with Gasteiger partial charge in [0.05, 0.1) is 6.16 Å². The van der Waals surface area contributed by atoms with Gasteiger partial charge in [0.1, 0.15) is 0 Å². The van der Waals surface area contributed by atoms with E-state index < -0.39 is 32.1 Å². The van der Waals surface area contributed by atoms with Crippen LogP contribution in [0.15, 0.2) is 30.5 Å². The highest BCUT2D eigenvalue weighted by Gasteiger charge is 2.31. The molecule has 1 heterocycles. The lowest BCUT2D eigenvalue weighted by atomic mass is 10.2. The average molecular weight is 341 g/mol. The molecule has 8 nitrogen and oxygen atoms in total. The summed E-state index contributed by atoms with van der Waals surface area (Å²) in [5.41, 5.74) is 1.30. The van der Waals surface area contributed by atoms with Crippen molar-refractivity contribution in [2.24, 2.45) is 0 Å². The minimum absolute atomic E-state index is 0.367. The lowest BCUT2D eigenvalue weighted by molar-refractivity contribution is -0.146. The standard InChI is InChI=1S/C14H16NO7P/c16-13(17)6-5-12(14(18)19)22-23(20,21)8-9-7-15-11-4-2-1-3-10(9)11/h1-4,7,12,15H,5-6,8H2,(H,16,17)(H,18,19)(H,20,21). The number of fused-ring (bicyclic) bond motifs is 1. The van der Waals surface area contributed by atoms with Gasteiger partial charge < -0.3 is 20.1 Å². The van der Waals surface area contributed by atoms with Crippen molar-refractivity contribution >= 4 is 30.4 Å². The van der Waals surface area contributed by atoms with E-state index in [4.69, 9.17) is 14.7 Å². The van der Waals surface area contributed by atoms with Crippen molar-refractivity contribution in [3.63, 3.8) is 0 Å². The predicted molar refractivity (Wildman–Crippen MR) is 81.2 cm³/mol. The quantitative estimate of drug-likeness (QED) is 0.540. The molecule has 4 N–H and O–H groups in total. The van der Waals surface area contributed by atoms with Crippen LogP contribution < -0.4 is 0 Å². The number of nitrogens with one attached hydrogen (secondary N) is 1. The summed E-state index contributed by atoms with van der Waals surface area (Å²) in [5, 5.41) is 18.3. The van der Waals surface area contributed by atoms with Crippen LogP contribution in [0.5, 0.6) is 0 Å². The lowest BCUT2D eigenvalue weighted by Gasteiger charge is -2.17. The van der Waals surface area contributed by atoms with Crippen molar-refractivity contribution in [2.75, 3.05) is 0 Å². The fourth-order valence-electron chi connectivity index (χ4n) is 2.19. The van der Waals surface area contributed by atoms with Gasteiger partial charge in [-0.15, -0.1) is 0 Å². The van der Waals surface area contributed by atoms with E-state index >= 15 is 0 Å². The van der Waals surface area contributed by atoms with Crippen LogP contribution in [0.4, 0.5) is 0 Å². The second kappa shape index (κ2) is 6.95. The van der Waals surface area contributed by atoms with Crippen LogP contribution in [0, 0.1) is 0 Å². The van der Waals surface area contributed by atoms with Crippen molar-refractivity contribution in [1.29, 1.82) is 0 Å². The summed E-state index contributed by atoms with van der Waals surface area (Å²) in [7, 11) is -4.25. The Balaban J connectivity index is 2.12. The van der Waals surface area contributed by atoms with Gasteiger partial charge in [0, 0.05) is 23.5 Å². The molecule has 124 valence electrons. The van der Waals surface area contributed by atoms with E-state index in [1.54, 1.807) is 24.4 Å². The molecule has 0 fully saturated rings. The van der Waals surface area contributed by atoms with Gasteiger partial charge in [-0.25, -0.2) is 4.79 Å². The molecule has 2 atom stereocenters. The number of H-pyrrole nitrogens is 1. The maximum atomic E-state index is 12.2. The van der Waals surface area contributed by atoms with Crippen LogP contribution >= 0.6 is 7.60 Å². The Labute approximate surface area is 131 Å². The fourth-order valence-corrected chi connectivity index (χ4v) is 3.55. The Morgan fingerprint density at radius 2 is 1.96 bits per heavy atom. The zero-order chi connectivity index (χ0) is 17.0. The highest BCUT2D eigenvalue weighted by atomic mass is 31.2. The molecule has 0 radical (unpaired) electrons. The number of aromatic nitrogens is 1. The second-order valence-corrected chi connectivity index (χ2v) is 6.82. The van der Waals surface area contributed by atoms with Gasteiger partial charge in [-0.3, -0.25) is 13.9 Å². The molecule has 2 rings (SSSR count). The zero-order valence-electron chi connectivity index (χ0n) is 12.0. The molecule has 1 aromatic carbocycles. The number of aliphatic carboxylic acids is 2. The summed E-state index contributed by atoms with van der Waals surface area (Å²) in [6.07, 6.45) is -1.31. The molecule has 2 aromatic rings. The smallest absolute Gasteiger partial charge is 0.333 e. The lowest BCUT2D eigenvalue weighted by Crippen LogP contribution is -2.24. The van der Waals surface area contributed by atoms with Gasteiger partial charge in [0.2, 0.25) is 0 Å². The first-order chi connectivity index (χ1) is 10.8. The van der Waals surface area contributed by atoms with Gasteiger partial charge in [-0.2, -0.15) is 0 Å². The molecule has 9 heteroatoms. The summed E-state index contributed by atoms with van der Waals surface area (Å²) in [6.45, 7) is 0. The minimum Gasteiger partial charge on any atom is -0.481 e.